The Morgan fingerprint density at radius 1 is 0.844 bits per heavy atom. The van der Waals surface area contributed by atoms with Crippen molar-refractivity contribution < 1.29 is 19.4 Å². The molecule has 0 aliphatic rings. The van der Waals surface area contributed by atoms with Gasteiger partial charge in [-0.2, -0.15) is 0 Å². The quantitative estimate of drug-likeness (QED) is 0.327. The molecule has 1 N–H and O–H groups in total. The predicted molar refractivity (Wildman–Crippen MR) is 124 cm³/mol. The van der Waals surface area contributed by atoms with Crippen LogP contribution < -0.4 is 4.74 Å². The van der Waals surface area contributed by atoms with Gasteiger partial charge >= 0.3 is 5.97 Å². The van der Waals surface area contributed by atoms with Crippen LogP contribution in [-0.2, 0) is 11.3 Å². The third-order valence-electron chi connectivity index (χ3n) is 5.07. The summed E-state index contributed by atoms with van der Waals surface area (Å²) in [6.07, 6.45) is 0. The Bertz CT molecular complexity index is 1270. The smallest absolute Gasteiger partial charge is 0.323 e. The van der Waals surface area contributed by atoms with Gasteiger partial charge in [0.15, 0.2) is 5.78 Å². The van der Waals surface area contributed by atoms with Crippen LogP contribution in [0.3, 0.4) is 0 Å². The van der Waals surface area contributed by atoms with Gasteiger partial charge in [0.05, 0.1) is 5.69 Å². The van der Waals surface area contributed by atoms with Crippen LogP contribution in [0.15, 0.2) is 84.9 Å². The molecule has 32 heavy (non-hydrogen) atoms. The normalized spacial score (nSPS) is 10.7. The summed E-state index contributed by atoms with van der Waals surface area (Å²) >= 11 is 6.35. The van der Waals surface area contributed by atoms with Crippen LogP contribution >= 0.6 is 11.6 Å². The zero-order valence-electron chi connectivity index (χ0n) is 17.3. The van der Waals surface area contributed by atoms with Crippen molar-refractivity contribution in [3.05, 3.63) is 95.5 Å². The third-order valence-corrected chi connectivity index (χ3v) is 5.40. The van der Waals surface area contributed by atoms with E-state index in [1.165, 1.54) is 6.92 Å². The number of carbonyl (C=O) groups is 2. The SMILES string of the molecule is CC(=O)c1ccc(Oc2ccc(-c3ccc(-c4ccccc4Cl)n3CC(=O)O)cc2)cc1. The molecule has 0 amide bonds. The molecule has 0 aliphatic heterocycles. The minimum atomic E-state index is -0.940. The number of aliphatic carboxylic acids is 1. The van der Waals surface area contributed by atoms with Gasteiger partial charge in [0.25, 0.3) is 0 Å². The lowest BCUT2D eigenvalue weighted by atomic mass is 10.1. The fourth-order valence-corrected chi connectivity index (χ4v) is 3.75. The molecule has 0 unspecified atom stereocenters. The number of hydrogen-bond acceptors (Lipinski definition) is 3. The summed E-state index contributed by atoms with van der Waals surface area (Å²) in [7, 11) is 0. The minimum Gasteiger partial charge on any atom is -0.480 e. The van der Waals surface area contributed by atoms with E-state index in [2.05, 4.69) is 0 Å². The van der Waals surface area contributed by atoms with E-state index in [0.29, 0.717) is 22.1 Å². The number of nitrogens with zero attached hydrogens (tertiary/aromatic N) is 1. The van der Waals surface area contributed by atoms with Crippen molar-refractivity contribution in [2.24, 2.45) is 0 Å². The fraction of sp³-hybridized carbons (Fsp3) is 0.0769. The Morgan fingerprint density at radius 3 is 2.03 bits per heavy atom. The average Bonchev–Trinajstić information content (AvgIpc) is 3.17. The fourth-order valence-electron chi connectivity index (χ4n) is 3.52. The van der Waals surface area contributed by atoms with Gasteiger partial charge in [0.2, 0.25) is 0 Å². The van der Waals surface area contributed by atoms with Crippen LogP contribution in [-0.4, -0.2) is 21.4 Å². The predicted octanol–water partition coefficient (Wildman–Crippen LogP) is 6.56. The molecule has 0 atom stereocenters. The Hall–Kier alpha value is -3.83. The van der Waals surface area contributed by atoms with Crippen molar-refractivity contribution in [3.8, 4) is 34.0 Å². The highest BCUT2D eigenvalue weighted by Crippen LogP contribution is 2.34. The monoisotopic (exact) mass is 445 g/mol. The molecule has 4 aromatic rings. The molecular formula is C26H20ClNO4. The Kier molecular flexibility index (Phi) is 6.10. The zero-order valence-corrected chi connectivity index (χ0v) is 18.0. The van der Waals surface area contributed by atoms with E-state index < -0.39 is 5.97 Å². The lowest BCUT2D eigenvalue weighted by molar-refractivity contribution is -0.137. The number of ketones is 1. The standard InChI is InChI=1S/C26H20ClNO4/c1-17(29)18-6-10-20(11-7-18)32-21-12-8-19(9-13-21)24-14-15-25(28(24)16-26(30)31)22-4-2-3-5-23(22)27/h2-15H,16H2,1H3,(H,30,31). The number of carboxylic acid groups (broad SMARTS) is 1. The molecule has 3 aromatic carbocycles. The first-order valence-corrected chi connectivity index (χ1v) is 10.4. The molecule has 6 heteroatoms. The molecule has 0 radical (unpaired) electrons. The van der Waals surface area contributed by atoms with Crippen molar-refractivity contribution in [2.45, 2.75) is 13.5 Å². The molecule has 5 nitrogen and oxygen atoms in total. The summed E-state index contributed by atoms with van der Waals surface area (Å²) in [6.45, 7) is 1.33. The van der Waals surface area contributed by atoms with Gasteiger partial charge in [0, 0.05) is 21.8 Å². The maximum atomic E-state index is 11.5. The molecule has 0 aliphatic carbocycles. The molecule has 1 heterocycles. The van der Waals surface area contributed by atoms with Crippen LogP contribution in [0.1, 0.15) is 17.3 Å². The lowest BCUT2D eigenvalue weighted by Gasteiger charge is -2.13. The van der Waals surface area contributed by atoms with Crippen molar-refractivity contribution in [3.63, 3.8) is 0 Å². The molecule has 4 rings (SSSR count). The summed E-state index contributed by atoms with van der Waals surface area (Å²) in [5, 5.41) is 10.0. The highest BCUT2D eigenvalue weighted by Gasteiger charge is 2.16. The first-order valence-electron chi connectivity index (χ1n) is 9.98. The molecule has 0 fully saturated rings. The second-order valence-corrected chi connectivity index (χ2v) is 7.68. The van der Waals surface area contributed by atoms with Gasteiger partial charge in [0.1, 0.15) is 18.0 Å². The second-order valence-electron chi connectivity index (χ2n) is 7.27. The topological polar surface area (TPSA) is 68.5 Å². The van der Waals surface area contributed by atoms with Gasteiger partial charge in [-0.05, 0) is 79.2 Å². The van der Waals surface area contributed by atoms with Gasteiger partial charge in [-0.15, -0.1) is 0 Å². The molecule has 0 bridgehead atoms. The first-order chi connectivity index (χ1) is 15.4. The Labute approximate surface area is 190 Å². The summed E-state index contributed by atoms with van der Waals surface area (Å²) in [5.41, 5.74) is 3.75. The zero-order chi connectivity index (χ0) is 22.7. The van der Waals surface area contributed by atoms with Crippen LogP contribution in [0.4, 0.5) is 0 Å². The average molecular weight is 446 g/mol. The minimum absolute atomic E-state index is 0.00132. The number of carboxylic acids is 1. The molecular weight excluding hydrogens is 426 g/mol. The number of Topliss-reactive ketones (excluding diaryl/α,β-unsaturated/α-hetero) is 1. The van der Waals surface area contributed by atoms with E-state index in [0.717, 1.165) is 22.5 Å². The van der Waals surface area contributed by atoms with Crippen molar-refractivity contribution in [2.75, 3.05) is 0 Å². The summed E-state index contributed by atoms with van der Waals surface area (Å²) in [4.78, 5) is 23.0. The number of halogens is 1. The molecule has 0 spiro atoms. The molecule has 0 saturated carbocycles. The van der Waals surface area contributed by atoms with Crippen molar-refractivity contribution >= 4 is 23.4 Å². The maximum Gasteiger partial charge on any atom is 0.323 e. The van der Waals surface area contributed by atoms with E-state index in [1.54, 1.807) is 34.9 Å². The van der Waals surface area contributed by atoms with E-state index in [-0.39, 0.29) is 12.3 Å². The lowest BCUT2D eigenvalue weighted by Crippen LogP contribution is -2.11. The third kappa shape index (κ3) is 4.58. The Balaban J connectivity index is 1.63. The van der Waals surface area contributed by atoms with Crippen LogP contribution in [0.25, 0.3) is 22.5 Å². The van der Waals surface area contributed by atoms with Crippen molar-refractivity contribution in [1.82, 2.24) is 4.57 Å². The molecule has 1 aromatic heterocycles. The van der Waals surface area contributed by atoms with Crippen molar-refractivity contribution in [1.29, 1.82) is 0 Å². The van der Waals surface area contributed by atoms with Gasteiger partial charge in [-0.3, -0.25) is 9.59 Å². The maximum absolute atomic E-state index is 11.5. The molecule has 160 valence electrons. The van der Waals surface area contributed by atoms with Crippen LogP contribution in [0.2, 0.25) is 5.02 Å². The van der Waals surface area contributed by atoms with E-state index in [4.69, 9.17) is 16.3 Å². The van der Waals surface area contributed by atoms with Crippen LogP contribution in [0.5, 0.6) is 11.5 Å². The molecule has 0 saturated heterocycles. The Morgan fingerprint density at radius 2 is 1.44 bits per heavy atom. The summed E-state index contributed by atoms with van der Waals surface area (Å²) in [6, 6.07) is 25.5. The van der Waals surface area contributed by atoms with Gasteiger partial charge in [-0.25, -0.2) is 0 Å². The highest BCUT2D eigenvalue weighted by atomic mass is 35.5. The summed E-state index contributed by atoms with van der Waals surface area (Å²) < 4.78 is 7.60. The number of rotatable bonds is 7. The first kappa shape index (κ1) is 21.4. The number of hydrogen-bond donors (Lipinski definition) is 1. The largest absolute Gasteiger partial charge is 0.480 e. The van der Waals surface area contributed by atoms with E-state index in [1.807, 2.05) is 54.6 Å². The van der Waals surface area contributed by atoms with Crippen LogP contribution in [0, 0.1) is 0 Å². The second kappa shape index (κ2) is 9.12. The van der Waals surface area contributed by atoms with E-state index >= 15 is 0 Å². The number of aromatic nitrogens is 1. The van der Waals surface area contributed by atoms with Gasteiger partial charge in [-0.1, -0.05) is 29.8 Å². The van der Waals surface area contributed by atoms with Gasteiger partial charge < -0.3 is 14.4 Å². The summed E-state index contributed by atoms with van der Waals surface area (Å²) in [5.74, 6) is 0.316. The van der Waals surface area contributed by atoms with E-state index in [9.17, 15) is 14.7 Å². The number of carbonyl (C=O) groups excluding carboxylic acids is 1. The number of benzene rings is 3. The highest BCUT2D eigenvalue weighted by molar-refractivity contribution is 6.33. The number of ether oxygens (including phenoxy) is 1.